The van der Waals surface area contributed by atoms with Gasteiger partial charge in [-0.05, 0) is 6.92 Å². The topological polar surface area (TPSA) is 157 Å². The lowest BCUT2D eigenvalue weighted by Gasteiger charge is -2.25. The van der Waals surface area contributed by atoms with Gasteiger partial charge in [0.25, 0.3) is 0 Å². The van der Waals surface area contributed by atoms with Crippen LogP contribution in [-0.4, -0.2) is 64.6 Å². The molecule has 11 heteroatoms. The van der Waals surface area contributed by atoms with Crippen molar-refractivity contribution in [2.75, 3.05) is 12.3 Å². The number of nitrogen functional groups attached to an aromatic ring is 1. The van der Waals surface area contributed by atoms with Crippen molar-refractivity contribution < 1.29 is 19.7 Å². The molecule has 1 saturated heterocycles. The highest BCUT2D eigenvalue weighted by atomic mass is 16.6. The minimum Gasteiger partial charge on any atom is -0.394 e. The Morgan fingerprint density at radius 3 is 2.96 bits per heavy atom. The summed E-state index contributed by atoms with van der Waals surface area (Å²) in [6, 6.07) is 0. The minimum atomic E-state index is -1.04. The minimum absolute atomic E-state index is 0.244. The predicted octanol–water partition coefficient (Wildman–Crippen LogP) is -0.471. The third-order valence-corrected chi connectivity index (χ3v) is 4.45. The number of aromatic nitrogens is 6. The summed E-state index contributed by atoms with van der Waals surface area (Å²) in [7, 11) is 0. The zero-order valence-electron chi connectivity index (χ0n) is 13.9. The molecule has 2 unspecified atom stereocenters. The standard InChI is InChI=1S/C15H19N7O4/c1-7(8-2-17-4-18-8)25-12-11(24)9(3-23)26-15(12)22-6-21-10-13(16)19-5-20-14(10)22/h2,4-7,9,11-12,15,23-24H,3H2,1H3,(H,17,18)(H2,16,19,20)/t7?,9-,11-,12?,15-/m1/s1. The van der Waals surface area contributed by atoms with Crippen LogP contribution >= 0.6 is 0 Å². The lowest BCUT2D eigenvalue weighted by atomic mass is 10.1. The van der Waals surface area contributed by atoms with Crippen molar-refractivity contribution in [2.45, 2.75) is 37.6 Å². The number of aliphatic hydroxyl groups is 2. The van der Waals surface area contributed by atoms with Gasteiger partial charge < -0.3 is 30.4 Å². The summed E-state index contributed by atoms with van der Waals surface area (Å²) in [4.78, 5) is 19.4. The van der Waals surface area contributed by atoms with Crippen molar-refractivity contribution in [1.29, 1.82) is 0 Å². The van der Waals surface area contributed by atoms with Crippen LogP contribution in [0.2, 0.25) is 0 Å². The number of nitrogens with one attached hydrogen (secondary N) is 1. The Morgan fingerprint density at radius 2 is 2.23 bits per heavy atom. The summed E-state index contributed by atoms with van der Waals surface area (Å²) in [6.45, 7) is 1.47. The first kappa shape index (κ1) is 16.8. The first-order valence-electron chi connectivity index (χ1n) is 8.11. The van der Waals surface area contributed by atoms with Crippen LogP contribution in [0, 0.1) is 0 Å². The molecule has 0 radical (unpaired) electrons. The van der Waals surface area contributed by atoms with Crippen molar-refractivity contribution in [3.8, 4) is 0 Å². The van der Waals surface area contributed by atoms with E-state index in [9.17, 15) is 10.2 Å². The van der Waals surface area contributed by atoms with E-state index in [-0.39, 0.29) is 12.4 Å². The van der Waals surface area contributed by atoms with Gasteiger partial charge >= 0.3 is 0 Å². The third-order valence-electron chi connectivity index (χ3n) is 4.45. The van der Waals surface area contributed by atoms with Crippen LogP contribution in [0.3, 0.4) is 0 Å². The van der Waals surface area contributed by atoms with E-state index in [0.717, 1.165) is 0 Å². The third kappa shape index (κ3) is 2.70. The maximum atomic E-state index is 10.6. The van der Waals surface area contributed by atoms with Gasteiger partial charge in [-0.25, -0.2) is 19.9 Å². The molecule has 0 saturated carbocycles. The SMILES string of the molecule is CC(OC1[C@H](n2cnc3c(N)ncnc32)O[C@H](CO)[C@H]1O)c1c[nH]cn1. The van der Waals surface area contributed by atoms with E-state index in [1.165, 1.54) is 12.7 Å². The Hall–Kier alpha value is -2.60. The molecule has 4 rings (SSSR count). The van der Waals surface area contributed by atoms with Crippen LogP contribution in [0.1, 0.15) is 24.9 Å². The molecule has 0 bridgehead atoms. The number of hydrogen-bond donors (Lipinski definition) is 4. The van der Waals surface area contributed by atoms with Crippen LogP contribution < -0.4 is 5.73 Å². The lowest BCUT2D eigenvalue weighted by Crippen LogP contribution is -2.36. The second-order valence-corrected chi connectivity index (χ2v) is 6.06. The van der Waals surface area contributed by atoms with Gasteiger partial charge in [-0.3, -0.25) is 4.57 Å². The van der Waals surface area contributed by atoms with E-state index < -0.39 is 30.6 Å². The molecule has 5 N–H and O–H groups in total. The molecule has 3 aromatic rings. The van der Waals surface area contributed by atoms with Crippen LogP contribution in [0.15, 0.2) is 25.2 Å². The molecule has 3 aromatic heterocycles. The fraction of sp³-hybridized carbons (Fsp3) is 0.467. The number of aliphatic hydroxyl groups excluding tert-OH is 2. The van der Waals surface area contributed by atoms with Crippen LogP contribution in [0.25, 0.3) is 11.2 Å². The monoisotopic (exact) mass is 361 g/mol. The van der Waals surface area contributed by atoms with E-state index in [1.54, 1.807) is 17.1 Å². The van der Waals surface area contributed by atoms with Crippen molar-refractivity contribution in [1.82, 2.24) is 29.5 Å². The van der Waals surface area contributed by atoms with Gasteiger partial charge in [0, 0.05) is 6.20 Å². The number of aromatic amines is 1. The Balaban J connectivity index is 1.68. The van der Waals surface area contributed by atoms with E-state index in [0.29, 0.717) is 16.9 Å². The summed E-state index contributed by atoms with van der Waals surface area (Å²) in [5, 5.41) is 20.1. The number of anilines is 1. The van der Waals surface area contributed by atoms with Gasteiger partial charge in [-0.1, -0.05) is 0 Å². The normalized spacial score (nSPS) is 27.2. The molecule has 0 aromatic carbocycles. The number of ether oxygens (including phenoxy) is 2. The van der Waals surface area contributed by atoms with E-state index in [4.69, 9.17) is 15.2 Å². The first-order chi connectivity index (χ1) is 12.6. The summed E-state index contributed by atoms with van der Waals surface area (Å²) in [6.07, 6.45) is 2.33. The van der Waals surface area contributed by atoms with Crippen LogP contribution in [0.4, 0.5) is 5.82 Å². The quantitative estimate of drug-likeness (QED) is 0.471. The molecule has 1 aliphatic heterocycles. The van der Waals surface area contributed by atoms with Crippen LogP contribution in [0.5, 0.6) is 0 Å². The number of hydrogen-bond acceptors (Lipinski definition) is 9. The van der Waals surface area contributed by atoms with Gasteiger partial charge in [0.05, 0.1) is 31.1 Å². The molecule has 26 heavy (non-hydrogen) atoms. The van der Waals surface area contributed by atoms with Gasteiger partial charge in [0.2, 0.25) is 0 Å². The van der Waals surface area contributed by atoms with Crippen LogP contribution in [-0.2, 0) is 9.47 Å². The molecule has 1 fully saturated rings. The average molecular weight is 361 g/mol. The summed E-state index contributed by atoms with van der Waals surface area (Å²) in [5.41, 5.74) is 7.39. The maximum Gasteiger partial charge on any atom is 0.167 e. The first-order valence-corrected chi connectivity index (χ1v) is 8.11. The fourth-order valence-electron chi connectivity index (χ4n) is 3.10. The molecular weight excluding hydrogens is 342 g/mol. The molecule has 5 atom stereocenters. The van der Waals surface area contributed by atoms with Gasteiger partial charge in [-0.2, -0.15) is 0 Å². The van der Waals surface area contributed by atoms with Crippen molar-refractivity contribution in [2.24, 2.45) is 0 Å². The molecule has 1 aliphatic rings. The highest BCUT2D eigenvalue weighted by Gasteiger charge is 2.46. The number of nitrogens with two attached hydrogens (primary N) is 1. The Labute approximate surface area is 147 Å². The summed E-state index contributed by atoms with van der Waals surface area (Å²) < 4.78 is 13.5. The maximum absolute atomic E-state index is 10.6. The van der Waals surface area contributed by atoms with E-state index in [2.05, 4.69) is 24.9 Å². The second-order valence-electron chi connectivity index (χ2n) is 6.06. The smallest absolute Gasteiger partial charge is 0.167 e. The lowest BCUT2D eigenvalue weighted by molar-refractivity contribution is -0.0971. The van der Waals surface area contributed by atoms with E-state index in [1.807, 2.05) is 6.92 Å². The largest absolute Gasteiger partial charge is 0.394 e. The van der Waals surface area contributed by atoms with Gasteiger partial charge in [0.1, 0.15) is 30.2 Å². The highest BCUT2D eigenvalue weighted by molar-refractivity contribution is 5.81. The zero-order valence-corrected chi connectivity index (χ0v) is 13.9. The second kappa shape index (κ2) is 6.61. The van der Waals surface area contributed by atoms with Crippen molar-refractivity contribution in [3.63, 3.8) is 0 Å². The predicted molar refractivity (Wildman–Crippen MR) is 88.6 cm³/mol. The molecule has 11 nitrogen and oxygen atoms in total. The number of nitrogens with zero attached hydrogens (tertiary/aromatic N) is 5. The highest BCUT2D eigenvalue weighted by Crippen LogP contribution is 2.36. The van der Waals surface area contributed by atoms with Gasteiger partial charge in [0.15, 0.2) is 17.7 Å². The molecule has 0 amide bonds. The number of fused-ring (bicyclic) bond motifs is 1. The Kier molecular flexibility index (Phi) is 4.28. The Morgan fingerprint density at radius 1 is 1.38 bits per heavy atom. The van der Waals surface area contributed by atoms with Crippen molar-refractivity contribution in [3.05, 3.63) is 30.9 Å². The zero-order chi connectivity index (χ0) is 18.3. The number of H-pyrrole nitrogens is 1. The molecule has 0 spiro atoms. The number of imidazole rings is 2. The molecule has 0 aliphatic carbocycles. The molecular formula is C15H19N7O4. The summed E-state index contributed by atoms with van der Waals surface area (Å²) >= 11 is 0. The Bertz CT molecular complexity index is 883. The summed E-state index contributed by atoms with van der Waals surface area (Å²) in [5.74, 6) is 0.244. The molecule has 138 valence electrons. The molecule has 4 heterocycles. The van der Waals surface area contributed by atoms with E-state index >= 15 is 0 Å². The number of rotatable bonds is 5. The van der Waals surface area contributed by atoms with Gasteiger partial charge in [-0.15, -0.1) is 0 Å². The van der Waals surface area contributed by atoms with Crippen molar-refractivity contribution >= 4 is 17.0 Å². The fourth-order valence-corrected chi connectivity index (χ4v) is 3.10. The average Bonchev–Trinajstić information content (AvgIpc) is 3.35.